The van der Waals surface area contributed by atoms with Gasteiger partial charge in [0.15, 0.2) is 5.84 Å². The van der Waals surface area contributed by atoms with E-state index >= 15 is 0 Å². The summed E-state index contributed by atoms with van der Waals surface area (Å²) in [6.45, 7) is 0.619. The van der Waals surface area contributed by atoms with Crippen molar-refractivity contribution in [1.29, 1.82) is 10.7 Å². The van der Waals surface area contributed by atoms with Crippen LogP contribution in [0.3, 0.4) is 0 Å². The Bertz CT molecular complexity index is 676. The summed E-state index contributed by atoms with van der Waals surface area (Å²) < 4.78 is 4.77. The number of nitriles is 1. The Labute approximate surface area is 127 Å². The first-order valence-corrected chi connectivity index (χ1v) is 6.63. The van der Waals surface area contributed by atoms with E-state index in [2.05, 4.69) is 10.5 Å². The van der Waals surface area contributed by atoms with Crippen molar-refractivity contribution in [3.63, 3.8) is 0 Å². The second kappa shape index (κ2) is 6.58. The summed E-state index contributed by atoms with van der Waals surface area (Å²) in [6, 6.07) is 7.11. The molecule has 0 atom stereocenters. The Kier molecular flexibility index (Phi) is 4.58. The lowest BCUT2D eigenvalue weighted by atomic mass is 10.0. The van der Waals surface area contributed by atoms with Gasteiger partial charge in [0.25, 0.3) is 0 Å². The number of anilines is 2. The lowest BCUT2D eigenvalue weighted by Crippen LogP contribution is -2.35. The second-order valence-electron chi connectivity index (χ2n) is 4.67. The number of aryl methyl sites for hydroxylation is 1. The van der Waals surface area contributed by atoms with Crippen LogP contribution in [0.4, 0.5) is 16.2 Å². The number of hydrogen-bond donors (Lipinski definition) is 3. The van der Waals surface area contributed by atoms with Gasteiger partial charge in [-0.3, -0.25) is 15.7 Å². The quantitative estimate of drug-likeness (QED) is 0.442. The third kappa shape index (κ3) is 3.15. The van der Waals surface area contributed by atoms with E-state index in [0.29, 0.717) is 12.2 Å². The number of nitrogens with one attached hydrogen (secondary N) is 2. The number of nitrogens with zero attached hydrogens (tertiary/aromatic N) is 3. The van der Waals surface area contributed by atoms with Crippen LogP contribution >= 0.6 is 0 Å². The number of amidine groups is 1. The van der Waals surface area contributed by atoms with Gasteiger partial charge in [0.2, 0.25) is 5.71 Å². The van der Waals surface area contributed by atoms with Crippen molar-refractivity contribution in [3.8, 4) is 6.07 Å². The molecule has 114 valence electrons. The number of amides is 1. The van der Waals surface area contributed by atoms with Crippen LogP contribution in [0.15, 0.2) is 23.3 Å². The molecule has 1 aromatic rings. The second-order valence-corrected chi connectivity index (χ2v) is 4.67. The van der Waals surface area contributed by atoms with Gasteiger partial charge >= 0.3 is 6.09 Å². The molecular formula is C14H16N6O2. The van der Waals surface area contributed by atoms with Gasteiger partial charge in [0, 0.05) is 6.54 Å². The molecule has 1 amide bonds. The number of hydrogen-bond acceptors (Lipinski definition) is 6. The molecule has 0 fully saturated rings. The first-order valence-electron chi connectivity index (χ1n) is 6.63. The van der Waals surface area contributed by atoms with Crippen molar-refractivity contribution in [1.82, 2.24) is 0 Å². The Balaban J connectivity index is 2.24. The summed E-state index contributed by atoms with van der Waals surface area (Å²) in [5.41, 5.74) is 10.2. The van der Waals surface area contributed by atoms with Crippen LogP contribution in [0.2, 0.25) is 0 Å². The molecule has 8 heteroatoms. The minimum atomic E-state index is -0.398. The van der Waals surface area contributed by atoms with E-state index in [9.17, 15) is 4.79 Å². The van der Waals surface area contributed by atoms with E-state index in [4.69, 9.17) is 21.1 Å². The maximum absolute atomic E-state index is 11.7. The van der Waals surface area contributed by atoms with Gasteiger partial charge < -0.3 is 10.5 Å². The van der Waals surface area contributed by atoms with Gasteiger partial charge in [-0.25, -0.2) is 4.79 Å². The molecule has 2 rings (SSSR count). The lowest BCUT2D eigenvalue weighted by Gasteiger charge is -2.28. The number of carbonyl (C=O) groups excluding carboxylic acids is 1. The van der Waals surface area contributed by atoms with E-state index in [0.717, 1.165) is 24.1 Å². The van der Waals surface area contributed by atoms with E-state index in [1.165, 1.54) is 7.11 Å². The first-order chi connectivity index (χ1) is 10.6. The number of nitrogens with two attached hydrogens (primary N) is 1. The molecule has 0 saturated heterocycles. The fraction of sp³-hybridized carbons (Fsp3) is 0.286. The fourth-order valence-corrected chi connectivity index (χ4v) is 2.23. The summed E-state index contributed by atoms with van der Waals surface area (Å²) in [4.78, 5) is 13.3. The van der Waals surface area contributed by atoms with Crippen LogP contribution in [0.1, 0.15) is 12.0 Å². The van der Waals surface area contributed by atoms with Crippen LogP contribution in [-0.4, -0.2) is 31.3 Å². The number of carbonyl (C=O) groups is 1. The lowest BCUT2D eigenvalue weighted by molar-refractivity contribution is 0.178. The van der Waals surface area contributed by atoms with Crippen molar-refractivity contribution in [2.45, 2.75) is 12.8 Å². The molecule has 22 heavy (non-hydrogen) atoms. The molecular weight excluding hydrogens is 284 g/mol. The number of methoxy groups -OCH3 is 1. The average Bonchev–Trinajstić information content (AvgIpc) is 2.53. The molecule has 1 aliphatic rings. The van der Waals surface area contributed by atoms with Crippen LogP contribution in [-0.2, 0) is 11.2 Å². The number of hydrazone groups is 1. The summed E-state index contributed by atoms with van der Waals surface area (Å²) >= 11 is 0. The molecule has 1 aliphatic heterocycles. The van der Waals surface area contributed by atoms with Gasteiger partial charge in [-0.15, -0.1) is 0 Å². The smallest absolute Gasteiger partial charge is 0.414 e. The molecule has 1 heterocycles. The highest BCUT2D eigenvalue weighted by atomic mass is 16.5. The number of ether oxygens (including phenoxy) is 1. The highest BCUT2D eigenvalue weighted by Gasteiger charge is 2.23. The molecule has 8 nitrogen and oxygen atoms in total. The van der Waals surface area contributed by atoms with Gasteiger partial charge in [0.05, 0.1) is 18.5 Å². The Morgan fingerprint density at radius 2 is 2.36 bits per heavy atom. The van der Waals surface area contributed by atoms with Crippen molar-refractivity contribution in [2.75, 3.05) is 24.0 Å². The Hall–Kier alpha value is -3.08. The number of benzene rings is 1. The minimum absolute atomic E-state index is 0.186. The summed E-state index contributed by atoms with van der Waals surface area (Å²) in [7, 11) is 1.35. The van der Waals surface area contributed by atoms with E-state index in [1.54, 1.807) is 23.1 Å². The molecule has 4 N–H and O–H groups in total. The minimum Gasteiger partial charge on any atom is -0.452 e. The summed E-state index contributed by atoms with van der Waals surface area (Å²) in [5.74, 6) is -0.398. The zero-order valence-electron chi connectivity index (χ0n) is 12.1. The third-order valence-corrected chi connectivity index (χ3v) is 3.25. The molecule has 0 unspecified atom stereocenters. The van der Waals surface area contributed by atoms with Crippen LogP contribution < -0.4 is 16.1 Å². The van der Waals surface area contributed by atoms with Gasteiger partial charge in [-0.1, -0.05) is 0 Å². The SMILES string of the molecule is COC(=O)N1CCCc2cc(N/N=C(\C#N)C(=N)N)ccc21. The van der Waals surface area contributed by atoms with Crippen molar-refractivity contribution in [3.05, 3.63) is 23.8 Å². The summed E-state index contributed by atoms with van der Waals surface area (Å²) in [5, 5.41) is 19.8. The predicted molar refractivity (Wildman–Crippen MR) is 83.1 cm³/mol. The normalized spacial score (nSPS) is 13.8. The van der Waals surface area contributed by atoms with Gasteiger partial charge in [-0.05, 0) is 36.6 Å². The van der Waals surface area contributed by atoms with E-state index in [-0.39, 0.29) is 11.8 Å². The zero-order valence-corrected chi connectivity index (χ0v) is 12.1. The predicted octanol–water partition coefficient (Wildman–Crippen LogP) is 1.43. The van der Waals surface area contributed by atoms with Crippen LogP contribution in [0.5, 0.6) is 0 Å². The van der Waals surface area contributed by atoms with E-state index < -0.39 is 5.84 Å². The molecule has 0 aromatic heterocycles. The van der Waals surface area contributed by atoms with Crippen molar-refractivity contribution >= 4 is 29.0 Å². The number of fused-ring (bicyclic) bond motifs is 1. The molecule has 0 saturated carbocycles. The zero-order chi connectivity index (χ0) is 16.1. The highest BCUT2D eigenvalue weighted by Crippen LogP contribution is 2.30. The van der Waals surface area contributed by atoms with Crippen molar-refractivity contribution < 1.29 is 9.53 Å². The average molecular weight is 300 g/mol. The summed E-state index contributed by atoms with van der Waals surface area (Å²) in [6.07, 6.45) is 1.29. The molecule has 0 radical (unpaired) electrons. The standard InChI is InChI=1S/C14H16N6O2/c1-22-14(21)20-6-2-3-9-7-10(4-5-12(9)20)18-19-11(8-15)13(16)17/h4-5,7,18H,2-3,6H2,1H3,(H3,16,17)/b19-11+. The van der Waals surface area contributed by atoms with Gasteiger partial charge in [-0.2, -0.15) is 10.4 Å². The van der Waals surface area contributed by atoms with Crippen LogP contribution in [0.25, 0.3) is 0 Å². The largest absolute Gasteiger partial charge is 0.452 e. The fourth-order valence-electron chi connectivity index (χ4n) is 2.23. The maximum atomic E-state index is 11.7. The van der Waals surface area contributed by atoms with E-state index in [1.807, 2.05) is 6.07 Å². The highest BCUT2D eigenvalue weighted by molar-refractivity contribution is 6.45. The monoisotopic (exact) mass is 300 g/mol. The van der Waals surface area contributed by atoms with Gasteiger partial charge in [0.1, 0.15) is 6.07 Å². The molecule has 0 bridgehead atoms. The molecule has 0 spiro atoms. The number of rotatable bonds is 3. The molecule has 1 aromatic carbocycles. The Morgan fingerprint density at radius 1 is 1.59 bits per heavy atom. The molecule has 0 aliphatic carbocycles. The Morgan fingerprint density at radius 3 is 3.00 bits per heavy atom. The topological polar surface area (TPSA) is 128 Å². The maximum Gasteiger partial charge on any atom is 0.414 e. The van der Waals surface area contributed by atoms with Crippen molar-refractivity contribution in [2.24, 2.45) is 10.8 Å². The third-order valence-electron chi connectivity index (χ3n) is 3.25. The van der Waals surface area contributed by atoms with Crippen LogP contribution in [0, 0.1) is 16.7 Å². The first kappa shape index (κ1) is 15.3.